The van der Waals surface area contributed by atoms with E-state index in [2.05, 4.69) is 10.1 Å². The van der Waals surface area contributed by atoms with E-state index in [0.717, 1.165) is 23.3 Å². The third kappa shape index (κ3) is 2.97. The van der Waals surface area contributed by atoms with E-state index in [9.17, 15) is 18.3 Å². The van der Waals surface area contributed by atoms with Gasteiger partial charge in [0, 0.05) is 16.7 Å². The second-order valence-electron chi connectivity index (χ2n) is 7.30. The van der Waals surface area contributed by atoms with Crippen molar-refractivity contribution < 1.29 is 23.0 Å². The predicted octanol–water partition coefficient (Wildman–Crippen LogP) is 4.68. The molecule has 9 heteroatoms. The molecule has 150 valence electrons. The SMILES string of the molecule is COc1ccc(-c2csc(N3N=C4CC[C@@H](C)C[C@H]4[C@]3(O)C(F)(F)F)n2)cc1. The van der Waals surface area contributed by atoms with Gasteiger partial charge in [0.15, 0.2) is 0 Å². The third-order valence-corrected chi connectivity index (χ3v) is 6.26. The molecule has 0 amide bonds. The van der Waals surface area contributed by atoms with Crippen LogP contribution < -0.4 is 9.75 Å². The Morgan fingerprint density at radius 3 is 2.64 bits per heavy atom. The van der Waals surface area contributed by atoms with Gasteiger partial charge in [0.1, 0.15) is 5.75 Å². The molecule has 28 heavy (non-hydrogen) atoms. The Morgan fingerprint density at radius 1 is 1.29 bits per heavy atom. The fraction of sp³-hybridized carbons (Fsp3) is 0.474. The lowest BCUT2D eigenvalue weighted by atomic mass is 9.76. The molecule has 1 aromatic heterocycles. The van der Waals surface area contributed by atoms with E-state index >= 15 is 0 Å². The number of fused-ring (bicyclic) bond motifs is 1. The second-order valence-corrected chi connectivity index (χ2v) is 8.14. The Morgan fingerprint density at radius 2 is 2.00 bits per heavy atom. The van der Waals surface area contributed by atoms with E-state index in [1.54, 1.807) is 36.8 Å². The largest absolute Gasteiger partial charge is 0.497 e. The third-order valence-electron chi connectivity index (χ3n) is 5.45. The van der Waals surface area contributed by atoms with Gasteiger partial charge in [-0.2, -0.15) is 23.3 Å². The number of thiazole rings is 1. The van der Waals surface area contributed by atoms with Crippen LogP contribution in [0.4, 0.5) is 18.3 Å². The van der Waals surface area contributed by atoms with Crippen LogP contribution in [0.15, 0.2) is 34.7 Å². The summed E-state index contributed by atoms with van der Waals surface area (Å²) < 4.78 is 47.1. The zero-order valence-electron chi connectivity index (χ0n) is 15.4. The Balaban J connectivity index is 1.71. The van der Waals surface area contributed by atoms with Crippen LogP contribution in [0.1, 0.15) is 26.2 Å². The number of aliphatic hydroxyl groups is 1. The van der Waals surface area contributed by atoms with Crippen molar-refractivity contribution in [3.8, 4) is 17.0 Å². The van der Waals surface area contributed by atoms with Crippen molar-refractivity contribution in [1.29, 1.82) is 0 Å². The van der Waals surface area contributed by atoms with Crippen molar-refractivity contribution in [2.75, 3.05) is 12.1 Å². The standard InChI is InChI=1S/C19H20F3N3O2S/c1-11-3-8-15-14(9-11)18(26,19(20,21)22)25(24-15)17-23-16(10-28-17)12-4-6-13(27-2)7-5-12/h4-7,10-11,14,26H,3,8-9H2,1-2H3/t11-,14-,18+/m1/s1. The van der Waals surface area contributed by atoms with Crippen molar-refractivity contribution in [1.82, 2.24) is 4.98 Å². The smallest absolute Gasteiger partial charge is 0.439 e. The van der Waals surface area contributed by atoms with E-state index in [0.29, 0.717) is 28.6 Å². The van der Waals surface area contributed by atoms with Crippen LogP contribution in [0.3, 0.4) is 0 Å². The lowest BCUT2D eigenvalue weighted by molar-refractivity contribution is -0.269. The lowest BCUT2D eigenvalue weighted by Crippen LogP contribution is -2.60. The molecule has 0 bridgehead atoms. The number of halogens is 3. The molecular formula is C19H20F3N3O2S. The topological polar surface area (TPSA) is 58.0 Å². The first-order chi connectivity index (χ1) is 13.2. The molecule has 5 nitrogen and oxygen atoms in total. The van der Waals surface area contributed by atoms with Crippen LogP contribution in [-0.4, -0.2) is 34.8 Å². The number of alkyl halides is 3. The summed E-state index contributed by atoms with van der Waals surface area (Å²) in [7, 11) is 1.56. The molecule has 0 unspecified atom stereocenters. The summed E-state index contributed by atoms with van der Waals surface area (Å²) in [6.45, 7) is 1.90. The monoisotopic (exact) mass is 411 g/mol. The zero-order valence-corrected chi connectivity index (χ0v) is 16.2. The van der Waals surface area contributed by atoms with Crippen molar-refractivity contribution in [3.05, 3.63) is 29.6 Å². The molecule has 0 radical (unpaired) electrons. The average molecular weight is 411 g/mol. The number of nitrogens with zero attached hydrogens (tertiary/aromatic N) is 3. The first-order valence-electron chi connectivity index (χ1n) is 9.00. The highest BCUT2D eigenvalue weighted by molar-refractivity contribution is 7.14. The van der Waals surface area contributed by atoms with E-state index in [1.807, 2.05) is 6.92 Å². The molecule has 1 fully saturated rings. The van der Waals surface area contributed by atoms with Gasteiger partial charge in [-0.3, -0.25) is 0 Å². The minimum atomic E-state index is -4.86. The summed E-state index contributed by atoms with van der Waals surface area (Å²) in [6.07, 6.45) is -3.38. The van der Waals surface area contributed by atoms with Crippen molar-refractivity contribution in [2.45, 2.75) is 38.1 Å². The van der Waals surface area contributed by atoms with Crippen LogP contribution >= 0.6 is 11.3 Å². The molecule has 2 heterocycles. The molecule has 2 aliphatic rings. The molecule has 0 spiro atoms. The van der Waals surface area contributed by atoms with Crippen LogP contribution in [0, 0.1) is 11.8 Å². The Bertz CT molecular complexity index is 897. The molecule has 2 aromatic rings. The van der Waals surface area contributed by atoms with E-state index < -0.39 is 17.8 Å². The predicted molar refractivity (Wildman–Crippen MR) is 102 cm³/mol. The molecule has 0 saturated heterocycles. The molecule has 1 saturated carbocycles. The number of methoxy groups -OCH3 is 1. The fourth-order valence-corrected chi connectivity index (χ4v) is 4.69. The van der Waals surface area contributed by atoms with Crippen LogP contribution in [0.5, 0.6) is 5.75 Å². The van der Waals surface area contributed by atoms with Crippen LogP contribution in [0.25, 0.3) is 11.3 Å². The molecule has 1 aliphatic carbocycles. The number of hydrogen-bond donors (Lipinski definition) is 1. The Kier molecular flexibility index (Phi) is 4.62. The first kappa shape index (κ1) is 19.2. The molecule has 1 aliphatic heterocycles. The zero-order chi connectivity index (χ0) is 20.1. The van der Waals surface area contributed by atoms with Crippen LogP contribution in [0.2, 0.25) is 0 Å². The summed E-state index contributed by atoms with van der Waals surface area (Å²) in [5, 5.41) is 17.4. The van der Waals surface area contributed by atoms with Gasteiger partial charge < -0.3 is 9.84 Å². The average Bonchev–Trinajstić information content (AvgIpc) is 3.25. The molecule has 1 aromatic carbocycles. The van der Waals surface area contributed by atoms with Gasteiger partial charge >= 0.3 is 6.18 Å². The fourth-order valence-electron chi connectivity index (χ4n) is 3.86. The second kappa shape index (κ2) is 6.73. The van der Waals surface area contributed by atoms with Crippen molar-refractivity contribution in [2.24, 2.45) is 16.9 Å². The summed E-state index contributed by atoms with van der Waals surface area (Å²) in [6, 6.07) is 7.08. The van der Waals surface area contributed by atoms with Crippen molar-refractivity contribution in [3.63, 3.8) is 0 Å². The van der Waals surface area contributed by atoms with E-state index in [4.69, 9.17) is 4.74 Å². The van der Waals surface area contributed by atoms with Crippen molar-refractivity contribution >= 4 is 22.2 Å². The highest BCUT2D eigenvalue weighted by atomic mass is 32.1. The van der Waals surface area contributed by atoms with Gasteiger partial charge in [-0.15, -0.1) is 11.3 Å². The number of hydrogen-bond acceptors (Lipinski definition) is 6. The molecular weight excluding hydrogens is 391 g/mol. The van der Waals surface area contributed by atoms with Gasteiger partial charge in [-0.1, -0.05) is 6.92 Å². The van der Waals surface area contributed by atoms with Gasteiger partial charge in [0.25, 0.3) is 5.72 Å². The highest BCUT2D eigenvalue weighted by Crippen LogP contribution is 2.51. The Labute approximate surface area is 164 Å². The summed E-state index contributed by atoms with van der Waals surface area (Å²) >= 11 is 1.03. The normalized spacial score (nSPS) is 27.5. The number of rotatable bonds is 3. The van der Waals surface area contributed by atoms with E-state index in [1.165, 1.54) is 0 Å². The number of anilines is 1. The molecule has 4 rings (SSSR count). The summed E-state index contributed by atoms with van der Waals surface area (Å²) in [5.41, 5.74) is -1.39. The van der Waals surface area contributed by atoms with Gasteiger partial charge in [-0.05, 0) is 49.4 Å². The first-order valence-corrected chi connectivity index (χ1v) is 9.88. The highest BCUT2D eigenvalue weighted by Gasteiger charge is 2.68. The van der Waals surface area contributed by atoms with Gasteiger partial charge in [0.05, 0.1) is 18.7 Å². The number of aromatic nitrogens is 1. The molecule has 3 atom stereocenters. The maximum Gasteiger partial charge on any atom is 0.439 e. The minimum Gasteiger partial charge on any atom is -0.497 e. The maximum atomic E-state index is 14.0. The van der Waals surface area contributed by atoms with Gasteiger partial charge in [-0.25, -0.2) is 4.98 Å². The quantitative estimate of drug-likeness (QED) is 0.797. The lowest BCUT2D eigenvalue weighted by Gasteiger charge is -2.39. The van der Waals surface area contributed by atoms with Gasteiger partial charge in [0.2, 0.25) is 5.13 Å². The number of hydrazone groups is 1. The summed E-state index contributed by atoms with van der Waals surface area (Å²) in [4.78, 5) is 4.34. The molecule has 1 N–H and O–H groups in total. The number of benzene rings is 1. The summed E-state index contributed by atoms with van der Waals surface area (Å²) in [5.74, 6) is -0.289. The minimum absolute atomic E-state index is 0.0280. The van der Waals surface area contributed by atoms with E-state index in [-0.39, 0.29) is 17.5 Å². The Hall–Kier alpha value is -2.13. The maximum absolute atomic E-state index is 14.0. The van der Waals surface area contributed by atoms with Crippen LogP contribution in [-0.2, 0) is 0 Å². The number of ether oxygens (including phenoxy) is 1.